The number of nitrogens with zero attached hydrogens (tertiary/aromatic N) is 1. The van der Waals surface area contributed by atoms with Crippen LogP contribution in [0.4, 0.5) is 10.7 Å². The molecule has 0 fully saturated rings. The van der Waals surface area contributed by atoms with E-state index in [1.54, 1.807) is 13.0 Å². The molecule has 2 aromatic rings. The van der Waals surface area contributed by atoms with E-state index in [4.69, 9.17) is 4.74 Å². The van der Waals surface area contributed by atoms with Gasteiger partial charge in [0.05, 0.1) is 24.8 Å². The number of anilines is 2. The summed E-state index contributed by atoms with van der Waals surface area (Å²) >= 11 is 1.38. The van der Waals surface area contributed by atoms with Gasteiger partial charge in [-0.25, -0.2) is 4.79 Å². The first-order chi connectivity index (χ1) is 13.5. The van der Waals surface area contributed by atoms with E-state index >= 15 is 0 Å². The lowest BCUT2D eigenvalue weighted by Crippen LogP contribution is -2.38. The molecule has 0 saturated carbocycles. The third kappa shape index (κ3) is 6.07. The zero-order valence-corrected chi connectivity index (χ0v) is 17.4. The van der Waals surface area contributed by atoms with Gasteiger partial charge in [0.1, 0.15) is 5.00 Å². The molecule has 28 heavy (non-hydrogen) atoms. The minimum Gasteiger partial charge on any atom is -0.462 e. The van der Waals surface area contributed by atoms with E-state index in [-0.39, 0.29) is 19.1 Å². The Hall–Kier alpha value is -2.38. The lowest BCUT2D eigenvalue weighted by atomic mass is 10.2. The molecule has 0 aliphatic carbocycles. The second-order valence-corrected chi connectivity index (χ2v) is 7.49. The van der Waals surface area contributed by atoms with Crippen molar-refractivity contribution in [3.05, 3.63) is 46.8 Å². The molecule has 0 aliphatic heterocycles. The van der Waals surface area contributed by atoms with Gasteiger partial charge in [0.25, 0.3) is 0 Å². The number of thiophene rings is 1. The van der Waals surface area contributed by atoms with E-state index in [2.05, 4.69) is 5.32 Å². The van der Waals surface area contributed by atoms with Crippen LogP contribution in [0, 0.1) is 0 Å². The molecule has 1 amide bonds. The highest BCUT2D eigenvalue weighted by Gasteiger charge is 2.20. The average Bonchev–Trinajstić information content (AvgIpc) is 3.11. The normalized spacial score (nSPS) is 11.7. The number of benzene rings is 1. The smallest absolute Gasteiger partial charge is 0.341 e. The first-order valence-corrected chi connectivity index (χ1v) is 10.4. The van der Waals surface area contributed by atoms with Crippen LogP contribution < -0.4 is 10.2 Å². The molecular weight excluding hydrogens is 376 g/mol. The lowest BCUT2D eigenvalue weighted by molar-refractivity contribution is -0.115. The molecule has 1 unspecified atom stereocenters. The summed E-state index contributed by atoms with van der Waals surface area (Å²) in [5.41, 5.74) is 1.24. The number of aliphatic hydroxyl groups is 1. The van der Waals surface area contributed by atoms with Crippen LogP contribution in [0.15, 0.2) is 36.4 Å². The number of ether oxygens (including phenoxy) is 1. The fourth-order valence-electron chi connectivity index (χ4n) is 2.69. The number of hydrogen-bond donors (Lipinski definition) is 2. The summed E-state index contributed by atoms with van der Waals surface area (Å²) in [6.45, 7) is 6.35. The summed E-state index contributed by atoms with van der Waals surface area (Å²) in [7, 11) is 0. The zero-order chi connectivity index (χ0) is 20.5. The van der Waals surface area contributed by atoms with Crippen LogP contribution in [0.2, 0.25) is 0 Å². The molecule has 0 bridgehead atoms. The molecule has 7 heteroatoms. The molecule has 0 aliphatic rings. The predicted molar refractivity (Wildman–Crippen MR) is 113 cm³/mol. The Morgan fingerprint density at radius 1 is 1.21 bits per heavy atom. The van der Waals surface area contributed by atoms with Gasteiger partial charge in [-0.2, -0.15) is 0 Å². The lowest BCUT2D eigenvalue weighted by Gasteiger charge is -2.26. The van der Waals surface area contributed by atoms with Crippen molar-refractivity contribution in [2.24, 2.45) is 0 Å². The number of para-hydroxylation sites is 1. The number of aliphatic hydroxyl groups excluding tert-OH is 1. The highest BCUT2D eigenvalue weighted by molar-refractivity contribution is 7.16. The maximum Gasteiger partial charge on any atom is 0.341 e. The quantitative estimate of drug-likeness (QED) is 0.590. The first kappa shape index (κ1) is 21.9. The van der Waals surface area contributed by atoms with Gasteiger partial charge in [-0.1, -0.05) is 32.0 Å². The maximum atomic E-state index is 12.7. The van der Waals surface area contributed by atoms with Crippen molar-refractivity contribution < 1.29 is 19.4 Å². The van der Waals surface area contributed by atoms with Gasteiger partial charge >= 0.3 is 5.97 Å². The van der Waals surface area contributed by atoms with Gasteiger partial charge in [-0.15, -0.1) is 11.3 Å². The number of esters is 1. The Kier molecular flexibility index (Phi) is 8.47. The molecule has 2 N–H and O–H groups in total. The van der Waals surface area contributed by atoms with Gasteiger partial charge < -0.3 is 20.1 Å². The van der Waals surface area contributed by atoms with Crippen LogP contribution in [0.5, 0.6) is 0 Å². The minimum atomic E-state index is -0.531. The second kappa shape index (κ2) is 10.8. The third-order valence-corrected chi connectivity index (χ3v) is 5.43. The molecule has 152 valence electrons. The van der Waals surface area contributed by atoms with E-state index in [9.17, 15) is 14.7 Å². The molecule has 0 spiro atoms. The van der Waals surface area contributed by atoms with Crippen LogP contribution in [0.1, 0.15) is 42.4 Å². The Labute approximate surface area is 170 Å². The topological polar surface area (TPSA) is 78.9 Å². The van der Waals surface area contributed by atoms with Crippen molar-refractivity contribution in [3.8, 4) is 0 Å². The van der Waals surface area contributed by atoms with Crippen molar-refractivity contribution >= 4 is 33.9 Å². The Morgan fingerprint density at radius 3 is 2.54 bits per heavy atom. The van der Waals surface area contributed by atoms with E-state index in [1.165, 1.54) is 11.3 Å². The minimum absolute atomic E-state index is 0.0721. The average molecular weight is 405 g/mol. The number of aryl methyl sites for hydroxylation is 1. The Morgan fingerprint density at radius 2 is 1.93 bits per heavy atom. The molecule has 1 aromatic heterocycles. The molecule has 2 rings (SSSR count). The van der Waals surface area contributed by atoms with Crippen LogP contribution in [0.3, 0.4) is 0 Å². The standard InChI is InChI=1S/C21H28N2O4S/c1-4-16(24)13-23(15-10-8-7-9-11-15)14-19(25)22-20-18(21(26)27-6-3)12-17(5-2)28-20/h7-12,16,24H,4-6,13-14H2,1-3H3,(H,22,25). The van der Waals surface area contributed by atoms with E-state index < -0.39 is 12.1 Å². The SMILES string of the molecule is CCOC(=O)c1cc(CC)sc1NC(=O)CN(CC(O)CC)c1ccccc1. The summed E-state index contributed by atoms with van der Waals surface area (Å²) < 4.78 is 5.10. The summed E-state index contributed by atoms with van der Waals surface area (Å²) in [5.74, 6) is -0.683. The monoisotopic (exact) mass is 404 g/mol. The molecule has 0 saturated heterocycles. The fourth-order valence-corrected chi connectivity index (χ4v) is 3.69. The zero-order valence-electron chi connectivity index (χ0n) is 16.6. The number of carbonyl (C=O) groups excluding carboxylic acids is 2. The van der Waals surface area contributed by atoms with Gasteiger partial charge in [0, 0.05) is 17.1 Å². The first-order valence-electron chi connectivity index (χ1n) is 9.56. The van der Waals surface area contributed by atoms with Gasteiger partial charge in [-0.05, 0) is 38.0 Å². The summed E-state index contributed by atoms with van der Waals surface area (Å²) in [5, 5.41) is 13.4. The summed E-state index contributed by atoms with van der Waals surface area (Å²) in [4.78, 5) is 27.7. The Bertz CT molecular complexity index is 776. The van der Waals surface area contributed by atoms with E-state index in [0.717, 1.165) is 17.0 Å². The van der Waals surface area contributed by atoms with Crippen LogP contribution in [-0.2, 0) is 16.0 Å². The van der Waals surface area contributed by atoms with E-state index in [1.807, 2.05) is 49.1 Å². The number of nitrogens with one attached hydrogen (secondary N) is 1. The summed E-state index contributed by atoms with van der Waals surface area (Å²) in [6, 6.07) is 11.3. The summed E-state index contributed by atoms with van der Waals surface area (Å²) in [6.07, 6.45) is 0.839. The third-order valence-electron chi connectivity index (χ3n) is 4.24. The predicted octanol–water partition coefficient (Wildman–Crippen LogP) is 3.70. The number of hydrogen-bond acceptors (Lipinski definition) is 6. The van der Waals surface area contributed by atoms with Gasteiger partial charge in [-0.3, -0.25) is 4.79 Å². The highest BCUT2D eigenvalue weighted by Crippen LogP contribution is 2.29. The van der Waals surface area contributed by atoms with Crippen LogP contribution in [-0.4, -0.2) is 42.8 Å². The second-order valence-electron chi connectivity index (χ2n) is 6.36. The number of rotatable bonds is 10. The van der Waals surface area contributed by atoms with Crippen molar-refractivity contribution in [3.63, 3.8) is 0 Å². The van der Waals surface area contributed by atoms with Crippen LogP contribution >= 0.6 is 11.3 Å². The molecule has 0 radical (unpaired) electrons. The number of carbonyl (C=O) groups is 2. The van der Waals surface area contributed by atoms with Crippen molar-refractivity contribution in [2.45, 2.75) is 39.7 Å². The molecule has 6 nitrogen and oxygen atoms in total. The largest absolute Gasteiger partial charge is 0.462 e. The molecule has 1 atom stereocenters. The van der Waals surface area contributed by atoms with E-state index in [0.29, 0.717) is 23.5 Å². The van der Waals surface area contributed by atoms with Crippen molar-refractivity contribution in [1.82, 2.24) is 0 Å². The molecule has 1 aromatic carbocycles. The van der Waals surface area contributed by atoms with Crippen molar-refractivity contribution in [2.75, 3.05) is 29.9 Å². The number of amides is 1. The molecule has 1 heterocycles. The Balaban J connectivity index is 2.16. The highest BCUT2D eigenvalue weighted by atomic mass is 32.1. The van der Waals surface area contributed by atoms with Crippen LogP contribution in [0.25, 0.3) is 0 Å². The van der Waals surface area contributed by atoms with Gasteiger partial charge in [0.15, 0.2) is 0 Å². The van der Waals surface area contributed by atoms with Gasteiger partial charge in [0.2, 0.25) is 5.91 Å². The molecular formula is C21H28N2O4S. The van der Waals surface area contributed by atoms with Crippen molar-refractivity contribution in [1.29, 1.82) is 0 Å². The maximum absolute atomic E-state index is 12.7. The fraction of sp³-hybridized carbons (Fsp3) is 0.429.